The number of ether oxygens (including phenoxy) is 1. The number of amides is 1. The molecule has 2 rings (SSSR count). The van der Waals surface area contributed by atoms with Crippen LogP contribution < -0.4 is 15.7 Å². The van der Waals surface area contributed by atoms with E-state index in [0.29, 0.717) is 21.7 Å². The van der Waals surface area contributed by atoms with Gasteiger partial charge in [0, 0.05) is 51.4 Å². The molecule has 9 nitrogen and oxygen atoms in total. The quantitative estimate of drug-likeness (QED) is 0.306. The number of hydrogen-bond acceptors (Lipinski definition) is 8. The fraction of sp³-hybridized carbons (Fsp3) is 0.300. The number of rotatable bonds is 11. The number of carbonyl (C=O) groups excluding carboxylic acids is 1. The Morgan fingerprint density at radius 3 is 1.97 bits per heavy atom. The van der Waals surface area contributed by atoms with Gasteiger partial charge < -0.3 is 31.9 Å². The highest BCUT2D eigenvalue weighted by molar-refractivity contribution is 6.88. The molecule has 31 heavy (non-hydrogen) atoms. The molecule has 0 heterocycles. The Morgan fingerprint density at radius 1 is 0.871 bits per heavy atom. The van der Waals surface area contributed by atoms with Crippen LogP contribution in [-0.2, 0) is 31.4 Å². The predicted octanol–water partition coefficient (Wildman–Crippen LogP) is 1.55. The van der Waals surface area contributed by atoms with E-state index in [1.165, 1.54) is 48.9 Å². The number of methoxy groups -OCH3 is 1. The first-order chi connectivity index (χ1) is 14.9. The molecule has 2 aromatic rings. The maximum absolute atomic E-state index is 11.5. The van der Waals surface area contributed by atoms with Crippen LogP contribution >= 0.6 is 0 Å². The Bertz CT molecular complexity index is 885. The van der Waals surface area contributed by atoms with Gasteiger partial charge in [-0.2, -0.15) is 0 Å². The number of benzene rings is 2. The van der Waals surface area contributed by atoms with E-state index in [0.717, 1.165) is 0 Å². The molecule has 0 bridgehead atoms. The molecule has 2 aromatic carbocycles. The van der Waals surface area contributed by atoms with Crippen molar-refractivity contribution >= 4 is 51.7 Å². The molecule has 0 aliphatic rings. The Morgan fingerprint density at radius 2 is 1.45 bits per heavy atom. The van der Waals surface area contributed by atoms with Crippen molar-refractivity contribution in [1.82, 2.24) is 0 Å². The van der Waals surface area contributed by atoms with E-state index in [9.17, 15) is 4.79 Å². The SMILES string of the molecule is COC=Nc1ccc([Si](OC)(OC)O[Si](OC)(OC)c2cccc(NC(C)=O)c2)cc1. The summed E-state index contributed by atoms with van der Waals surface area (Å²) in [5, 5.41) is 4.11. The highest BCUT2D eigenvalue weighted by Gasteiger charge is 2.55. The molecule has 0 aliphatic carbocycles. The minimum absolute atomic E-state index is 0.186. The summed E-state index contributed by atoms with van der Waals surface area (Å²) in [7, 11) is 0.653. The molecule has 0 atom stereocenters. The van der Waals surface area contributed by atoms with Crippen LogP contribution in [-0.4, -0.2) is 65.5 Å². The van der Waals surface area contributed by atoms with Crippen molar-refractivity contribution < 1.29 is 31.4 Å². The zero-order valence-corrected chi connectivity index (χ0v) is 20.5. The molecule has 0 saturated carbocycles. The van der Waals surface area contributed by atoms with Gasteiger partial charge in [0.2, 0.25) is 5.91 Å². The standard InChI is InChI=1S/C20H28N2O7Si2/c1-16(23)22-18-8-7-9-20(14-18)31(27-5,28-6)29-30(25-3,26-4)19-12-10-17(11-13-19)21-15-24-2/h7-15H,1-6H3,(H,22,23). The monoisotopic (exact) mass is 464 g/mol. The lowest BCUT2D eigenvalue weighted by atomic mass is 10.3. The van der Waals surface area contributed by atoms with Gasteiger partial charge >= 0.3 is 17.6 Å². The van der Waals surface area contributed by atoms with Crippen LogP contribution in [0.3, 0.4) is 0 Å². The molecule has 11 heteroatoms. The van der Waals surface area contributed by atoms with Gasteiger partial charge in [-0.3, -0.25) is 4.79 Å². The lowest BCUT2D eigenvalue weighted by Gasteiger charge is -2.35. The first-order valence-electron chi connectivity index (χ1n) is 9.33. The van der Waals surface area contributed by atoms with E-state index in [1.807, 2.05) is 18.2 Å². The van der Waals surface area contributed by atoms with Crippen LogP contribution in [0.15, 0.2) is 53.5 Å². The Labute approximate surface area is 184 Å². The van der Waals surface area contributed by atoms with Crippen molar-refractivity contribution in [2.75, 3.05) is 40.9 Å². The van der Waals surface area contributed by atoms with Gasteiger partial charge in [-0.25, -0.2) is 4.99 Å². The van der Waals surface area contributed by atoms with E-state index < -0.39 is 17.6 Å². The van der Waals surface area contributed by atoms with Crippen LogP contribution in [0.25, 0.3) is 0 Å². The van der Waals surface area contributed by atoms with E-state index in [4.69, 9.17) is 26.6 Å². The van der Waals surface area contributed by atoms with Crippen LogP contribution in [0.5, 0.6) is 0 Å². The molecular weight excluding hydrogens is 436 g/mol. The maximum atomic E-state index is 11.5. The normalized spacial score (nSPS) is 12.2. The van der Waals surface area contributed by atoms with Gasteiger partial charge in [-0.05, 0) is 24.3 Å². The molecular formula is C20H28N2O7Si2. The van der Waals surface area contributed by atoms with Gasteiger partial charge in [-0.1, -0.05) is 24.3 Å². The van der Waals surface area contributed by atoms with E-state index in [1.54, 1.807) is 30.3 Å². The van der Waals surface area contributed by atoms with E-state index >= 15 is 0 Å². The van der Waals surface area contributed by atoms with E-state index in [2.05, 4.69) is 10.3 Å². The highest BCUT2D eigenvalue weighted by Crippen LogP contribution is 2.21. The maximum Gasteiger partial charge on any atom is 0.529 e. The largest absolute Gasteiger partial charge is 0.529 e. The number of hydrogen-bond donors (Lipinski definition) is 1. The lowest BCUT2D eigenvalue weighted by molar-refractivity contribution is -0.114. The topological polar surface area (TPSA) is 96.8 Å². The summed E-state index contributed by atoms with van der Waals surface area (Å²) in [4.78, 5) is 15.6. The number of anilines is 1. The van der Waals surface area contributed by atoms with Crippen molar-refractivity contribution in [2.45, 2.75) is 6.92 Å². The Kier molecular flexibility index (Phi) is 9.06. The second-order valence-corrected chi connectivity index (χ2v) is 12.1. The molecule has 1 amide bonds. The van der Waals surface area contributed by atoms with Crippen LogP contribution in [0.2, 0.25) is 0 Å². The second kappa shape index (κ2) is 11.3. The summed E-state index contributed by atoms with van der Waals surface area (Å²) in [6.45, 7) is 1.44. The third-order valence-corrected chi connectivity index (χ3v) is 10.8. The summed E-state index contributed by atoms with van der Waals surface area (Å²) >= 11 is 0. The minimum Gasteiger partial charge on any atom is -0.486 e. The molecule has 0 saturated heterocycles. The average molecular weight is 465 g/mol. The third kappa shape index (κ3) is 5.86. The summed E-state index contributed by atoms with van der Waals surface area (Å²) in [6.07, 6.45) is 1.35. The molecule has 168 valence electrons. The first kappa shape index (κ1) is 24.9. The van der Waals surface area contributed by atoms with Gasteiger partial charge in [0.15, 0.2) is 6.40 Å². The first-order valence-corrected chi connectivity index (χ1v) is 12.8. The second-order valence-electron chi connectivity index (χ2n) is 6.31. The number of carbonyl (C=O) groups is 1. The van der Waals surface area contributed by atoms with Crippen LogP contribution in [0.1, 0.15) is 6.92 Å². The summed E-state index contributed by atoms with van der Waals surface area (Å²) in [6, 6.07) is 14.4. The predicted molar refractivity (Wildman–Crippen MR) is 122 cm³/mol. The number of aliphatic imine (C=N–C) groups is 1. The number of nitrogens with one attached hydrogen (secondary N) is 1. The van der Waals surface area contributed by atoms with Crippen molar-refractivity contribution in [2.24, 2.45) is 4.99 Å². The third-order valence-electron chi connectivity index (χ3n) is 4.41. The summed E-state index contributed by atoms with van der Waals surface area (Å²) in [5.74, 6) is -0.186. The molecule has 0 radical (unpaired) electrons. The molecule has 0 aromatic heterocycles. The van der Waals surface area contributed by atoms with Crippen molar-refractivity contribution in [1.29, 1.82) is 0 Å². The number of nitrogens with zero attached hydrogens (tertiary/aromatic N) is 1. The fourth-order valence-corrected chi connectivity index (χ4v) is 9.13. The van der Waals surface area contributed by atoms with Gasteiger partial charge in [0.25, 0.3) is 0 Å². The summed E-state index contributed by atoms with van der Waals surface area (Å²) in [5.41, 5.74) is 1.30. The van der Waals surface area contributed by atoms with Crippen molar-refractivity contribution in [3.63, 3.8) is 0 Å². The summed E-state index contributed by atoms with van der Waals surface area (Å²) < 4.78 is 34.6. The molecule has 0 fully saturated rings. The average Bonchev–Trinajstić information content (AvgIpc) is 2.79. The fourth-order valence-electron chi connectivity index (χ4n) is 2.96. The minimum atomic E-state index is -3.49. The Hall–Kier alpha value is -2.39. The molecule has 0 aliphatic heterocycles. The van der Waals surface area contributed by atoms with Crippen LogP contribution in [0, 0.1) is 0 Å². The van der Waals surface area contributed by atoms with Crippen LogP contribution in [0.4, 0.5) is 11.4 Å². The van der Waals surface area contributed by atoms with E-state index in [-0.39, 0.29) is 5.91 Å². The highest BCUT2D eigenvalue weighted by atomic mass is 28.5. The lowest BCUT2D eigenvalue weighted by Crippen LogP contribution is -2.68. The molecule has 0 spiro atoms. The Balaban J connectivity index is 2.47. The smallest absolute Gasteiger partial charge is 0.486 e. The molecule has 1 N–H and O–H groups in total. The van der Waals surface area contributed by atoms with Crippen molar-refractivity contribution in [3.05, 3.63) is 48.5 Å². The van der Waals surface area contributed by atoms with Gasteiger partial charge in [0.1, 0.15) is 0 Å². The zero-order chi connectivity index (χ0) is 22.9. The van der Waals surface area contributed by atoms with Crippen molar-refractivity contribution in [3.8, 4) is 0 Å². The zero-order valence-electron chi connectivity index (χ0n) is 18.5. The molecule has 0 unspecified atom stereocenters. The van der Waals surface area contributed by atoms with Gasteiger partial charge in [-0.15, -0.1) is 0 Å². The van der Waals surface area contributed by atoms with Gasteiger partial charge in [0.05, 0.1) is 12.8 Å².